The van der Waals surface area contributed by atoms with Gasteiger partial charge in [0.25, 0.3) is 0 Å². The van der Waals surface area contributed by atoms with Crippen molar-refractivity contribution >= 4 is 0 Å². The van der Waals surface area contributed by atoms with E-state index in [9.17, 15) is 4.39 Å². The molecule has 0 spiro atoms. The van der Waals surface area contributed by atoms with Crippen LogP contribution in [-0.2, 0) is 0 Å². The minimum Gasteiger partial charge on any atom is -0.306 e. The zero-order valence-corrected chi connectivity index (χ0v) is 11.6. The van der Waals surface area contributed by atoms with E-state index in [4.69, 9.17) is 0 Å². The fourth-order valence-electron chi connectivity index (χ4n) is 2.86. The fraction of sp³-hybridized carbons (Fsp3) is 0.353. The smallest absolute Gasteiger partial charge is 0.123 e. The number of hydrogen-bond donors (Lipinski definition) is 1. The Balaban J connectivity index is 1.54. The first-order chi connectivity index (χ1) is 9.72. The van der Waals surface area contributed by atoms with Gasteiger partial charge in [0, 0.05) is 18.3 Å². The Labute approximate surface area is 119 Å². The summed E-state index contributed by atoms with van der Waals surface area (Å²) >= 11 is 0. The van der Waals surface area contributed by atoms with Crippen LogP contribution in [0.1, 0.15) is 43.0 Å². The SMILES string of the molecule is C[C@H](NC1CC(c2cccc(F)c2)C1)c1ccccn1. The van der Waals surface area contributed by atoms with Gasteiger partial charge in [-0.25, -0.2) is 4.39 Å². The lowest BCUT2D eigenvalue weighted by atomic mass is 9.75. The van der Waals surface area contributed by atoms with Gasteiger partial charge < -0.3 is 5.32 Å². The van der Waals surface area contributed by atoms with Gasteiger partial charge in [-0.1, -0.05) is 18.2 Å². The summed E-state index contributed by atoms with van der Waals surface area (Å²) in [6.07, 6.45) is 3.96. The summed E-state index contributed by atoms with van der Waals surface area (Å²) in [5, 5.41) is 3.59. The topological polar surface area (TPSA) is 24.9 Å². The monoisotopic (exact) mass is 270 g/mol. The molecule has 0 unspecified atom stereocenters. The van der Waals surface area contributed by atoms with Crippen molar-refractivity contribution in [1.82, 2.24) is 10.3 Å². The first kappa shape index (κ1) is 13.3. The van der Waals surface area contributed by atoms with Crippen LogP contribution < -0.4 is 5.32 Å². The van der Waals surface area contributed by atoms with E-state index in [0.717, 1.165) is 24.1 Å². The standard InChI is InChI=1S/C17H19FN2/c1-12(17-7-2-3-8-19-17)20-16-10-14(11-16)13-5-4-6-15(18)9-13/h2-9,12,14,16,20H,10-11H2,1H3/t12-,14?,16?/m0/s1. The lowest BCUT2D eigenvalue weighted by Gasteiger charge is -2.38. The molecule has 0 aliphatic heterocycles. The van der Waals surface area contributed by atoms with Crippen molar-refractivity contribution in [3.05, 3.63) is 65.7 Å². The van der Waals surface area contributed by atoms with E-state index in [1.54, 1.807) is 12.1 Å². The summed E-state index contributed by atoms with van der Waals surface area (Å²) in [6.45, 7) is 2.14. The highest BCUT2D eigenvalue weighted by Crippen LogP contribution is 2.37. The zero-order valence-electron chi connectivity index (χ0n) is 11.6. The molecule has 1 aromatic carbocycles. The average Bonchev–Trinajstić information content (AvgIpc) is 2.43. The normalized spacial score (nSPS) is 23.1. The van der Waals surface area contributed by atoms with Crippen LogP contribution in [0.4, 0.5) is 4.39 Å². The molecule has 1 fully saturated rings. The molecule has 1 heterocycles. The largest absolute Gasteiger partial charge is 0.306 e. The Hall–Kier alpha value is -1.74. The predicted octanol–water partition coefficient (Wildman–Crippen LogP) is 3.82. The lowest BCUT2D eigenvalue weighted by Crippen LogP contribution is -2.41. The molecule has 1 N–H and O–H groups in total. The van der Waals surface area contributed by atoms with Crippen LogP contribution in [0, 0.1) is 5.82 Å². The van der Waals surface area contributed by atoms with Crippen molar-refractivity contribution in [2.24, 2.45) is 0 Å². The molecule has 0 radical (unpaired) electrons. The predicted molar refractivity (Wildman–Crippen MR) is 78.0 cm³/mol. The number of benzene rings is 1. The molecule has 2 nitrogen and oxygen atoms in total. The molecule has 1 saturated carbocycles. The van der Waals surface area contributed by atoms with Gasteiger partial charge in [0.1, 0.15) is 5.82 Å². The highest BCUT2D eigenvalue weighted by Gasteiger charge is 2.31. The molecule has 0 amide bonds. The van der Waals surface area contributed by atoms with Crippen molar-refractivity contribution in [3.63, 3.8) is 0 Å². The molecule has 3 rings (SSSR count). The maximum atomic E-state index is 13.2. The quantitative estimate of drug-likeness (QED) is 0.913. The van der Waals surface area contributed by atoms with Crippen molar-refractivity contribution < 1.29 is 4.39 Å². The Morgan fingerprint density at radius 2 is 2.05 bits per heavy atom. The summed E-state index contributed by atoms with van der Waals surface area (Å²) in [7, 11) is 0. The molecule has 1 aliphatic rings. The van der Waals surface area contributed by atoms with Gasteiger partial charge in [-0.05, 0) is 55.5 Å². The first-order valence-electron chi connectivity index (χ1n) is 7.15. The number of hydrogen-bond acceptors (Lipinski definition) is 2. The maximum absolute atomic E-state index is 13.2. The number of aromatic nitrogens is 1. The Kier molecular flexibility index (Phi) is 3.79. The second-order valence-electron chi connectivity index (χ2n) is 5.56. The molecule has 1 atom stereocenters. The van der Waals surface area contributed by atoms with Crippen molar-refractivity contribution in [2.75, 3.05) is 0 Å². The third-order valence-corrected chi connectivity index (χ3v) is 4.08. The Morgan fingerprint density at radius 3 is 2.75 bits per heavy atom. The third kappa shape index (κ3) is 2.88. The molecule has 3 heteroatoms. The third-order valence-electron chi connectivity index (χ3n) is 4.08. The minimum absolute atomic E-state index is 0.138. The molecule has 20 heavy (non-hydrogen) atoms. The average molecular weight is 270 g/mol. The second kappa shape index (κ2) is 5.71. The summed E-state index contributed by atoms with van der Waals surface area (Å²) < 4.78 is 13.2. The summed E-state index contributed by atoms with van der Waals surface area (Å²) in [5.41, 5.74) is 2.19. The van der Waals surface area contributed by atoms with Gasteiger partial charge in [-0.15, -0.1) is 0 Å². The number of pyridine rings is 1. The number of rotatable bonds is 4. The molecular formula is C17H19FN2. The van der Waals surface area contributed by atoms with E-state index in [-0.39, 0.29) is 11.9 Å². The Bertz CT molecular complexity index is 564. The maximum Gasteiger partial charge on any atom is 0.123 e. The van der Waals surface area contributed by atoms with E-state index in [0.29, 0.717) is 12.0 Å². The van der Waals surface area contributed by atoms with Gasteiger partial charge in [-0.3, -0.25) is 4.98 Å². The van der Waals surface area contributed by atoms with Gasteiger partial charge in [0.05, 0.1) is 5.69 Å². The van der Waals surface area contributed by atoms with E-state index < -0.39 is 0 Å². The lowest BCUT2D eigenvalue weighted by molar-refractivity contribution is 0.269. The molecule has 1 aromatic heterocycles. The van der Waals surface area contributed by atoms with E-state index in [2.05, 4.69) is 17.2 Å². The van der Waals surface area contributed by atoms with Crippen LogP contribution in [0.3, 0.4) is 0 Å². The molecule has 104 valence electrons. The van der Waals surface area contributed by atoms with Gasteiger partial charge in [-0.2, -0.15) is 0 Å². The first-order valence-corrected chi connectivity index (χ1v) is 7.15. The highest BCUT2D eigenvalue weighted by atomic mass is 19.1. The number of nitrogens with zero attached hydrogens (tertiary/aromatic N) is 1. The Morgan fingerprint density at radius 1 is 1.20 bits per heavy atom. The van der Waals surface area contributed by atoms with Gasteiger partial charge >= 0.3 is 0 Å². The number of halogens is 1. The van der Waals surface area contributed by atoms with Crippen molar-refractivity contribution in [3.8, 4) is 0 Å². The highest BCUT2D eigenvalue weighted by molar-refractivity contribution is 5.24. The summed E-state index contributed by atoms with van der Waals surface area (Å²) in [6, 6.07) is 13.7. The zero-order chi connectivity index (χ0) is 13.9. The summed E-state index contributed by atoms with van der Waals surface area (Å²) in [5.74, 6) is 0.347. The minimum atomic E-state index is -0.138. The van der Waals surface area contributed by atoms with Crippen molar-refractivity contribution in [1.29, 1.82) is 0 Å². The molecular weight excluding hydrogens is 251 g/mol. The van der Waals surface area contributed by atoms with Gasteiger partial charge in [0.15, 0.2) is 0 Å². The molecule has 2 aromatic rings. The second-order valence-corrected chi connectivity index (χ2v) is 5.56. The van der Waals surface area contributed by atoms with Crippen molar-refractivity contribution in [2.45, 2.75) is 37.8 Å². The van der Waals surface area contributed by atoms with Crippen LogP contribution in [0.5, 0.6) is 0 Å². The van der Waals surface area contributed by atoms with Crippen LogP contribution in [-0.4, -0.2) is 11.0 Å². The van der Waals surface area contributed by atoms with Crippen LogP contribution in [0.25, 0.3) is 0 Å². The van der Waals surface area contributed by atoms with E-state index >= 15 is 0 Å². The summed E-state index contributed by atoms with van der Waals surface area (Å²) in [4.78, 5) is 4.37. The molecule has 1 aliphatic carbocycles. The van der Waals surface area contributed by atoms with E-state index in [1.165, 1.54) is 6.07 Å². The van der Waals surface area contributed by atoms with Crippen LogP contribution >= 0.6 is 0 Å². The van der Waals surface area contributed by atoms with Crippen LogP contribution in [0.2, 0.25) is 0 Å². The molecule has 0 bridgehead atoms. The number of nitrogens with one attached hydrogen (secondary N) is 1. The van der Waals surface area contributed by atoms with E-state index in [1.807, 2.05) is 30.5 Å². The molecule has 0 saturated heterocycles. The van der Waals surface area contributed by atoms with Crippen LogP contribution in [0.15, 0.2) is 48.7 Å². The van der Waals surface area contributed by atoms with Gasteiger partial charge in [0.2, 0.25) is 0 Å². The fourth-order valence-corrected chi connectivity index (χ4v) is 2.86.